The summed E-state index contributed by atoms with van der Waals surface area (Å²) in [7, 11) is 0. The molecule has 0 bridgehead atoms. The maximum Gasteiger partial charge on any atom is 0.314 e. The summed E-state index contributed by atoms with van der Waals surface area (Å²) in [5.74, 6) is -0.208. The standard InChI is InChI=1S/C23H27NO3S/c1-3-27-22(26)23(16-18-10-5-4-6-11-18)14-9-15-24(17-23)21(25)19-12-7-8-13-20(19)28-2/h4-8,10-13H,3,9,14-17H2,1-2H3. The van der Waals surface area contributed by atoms with E-state index in [2.05, 4.69) is 0 Å². The number of esters is 1. The first-order valence-electron chi connectivity index (χ1n) is 9.73. The molecule has 0 radical (unpaired) electrons. The van der Waals surface area contributed by atoms with Crippen LogP contribution in [0.25, 0.3) is 0 Å². The van der Waals surface area contributed by atoms with Gasteiger partial charge in [-0.05, 0) is 50.1 Å². The SMILES string of the molecule is CCOC(=O)C1(Cc2ccccc2)CCCN(C(=O)c2ccccc2SC)C1. The van der Waals surface area contributed by atoms with Gasteiger partial charge in [0.15, 0.2) is 0 Å². The van der Waals surface area contributed by atoms with Gasteiger partial charge in [0.2, 0.25) is 0 Å². The summed E-state index contributed by atoms with van der Waals surface area (Å²) in [6, 6.07) is 17.7. The van der Waals surface area contributed by atoms with Crippen molar-refractivity contribution < 1.29 is 14.3 Å². The zero-order valence-corrected chi connectivity index (χ0v) is 17.3. The third-order valence-electron chi connectivity index (χ3n) is 5.30. The first-order valence-corrected chi connectivity index (χ1v) is 11.0. The summed E-state index contributed by atoms with van der Waals surface area (Å²) in [6.45, 7) is 3.23. The van der Waals surface area contributed by atoms with Gasteiger partial charge in [-0.2, -0.15) is 0 Å². The first kappa shape index (κ1) is 20.5. The Balaban J connectivity index is 1.89. The van der Waals surface area contributed by atoms with E-state index in [-0.39, 0.29) is 11.9 Å². The summed E-state index contributed by atoms with van der Waals surface area (Å²) in [4.78, 5) is 29.0. The lowest BCUT2D eigenvalue weighted by Crippen LogP contribution is -2.51. The van der Waals surface area contributed by atoms with Gasteiger partial charge in [-0.3, -0.25) is 9.59 Å². The van der Waals surface area contributed by atoms with Crippen molar-refractivity contribution in [2.45, 2.75) is 31.1 Å². The molecule has 4 nitrogen and oxygen atoms in total. The van der Waals surface area contributed by atoms with Crippen molar-refractivity contribution in [3.8, 4) is 0 Å². The molecule has 1 aliphatic rings. The molecule has 0 N–H and O–H groups in total. The average molecular weight is 398 g/mol. The molecule has 1 heterocycles. The van der Waals surface area contributed by atoms with E-state index >= 15 is 0 Å². The van der Waals surface area contributed by atoms with Gasteiger partial charge in [0, 0.05) is 18.0 Å². The summed E-state index contributed by atoms with van der Waals surface area (Å²) < 4.78 is 5.45. The number of carbonyl (C=O) groups excluding carboxylic acids is 2. The van der Waals surface area contributed by atoms with E-state index in [4.69, 9.17) is 4.74 Å². The Hall–Kier alpha value is -2.27. The average Bonchev–Trinajstić information content (AvgIpc) is 2.74. The van der Waals surface area contributed by atoms with Crippen LogP contribution in [0.2, 0.25) is 0 Å². The fourth-order valence-electron chi connectivity index (χ4n) is 3.95. The highest BCUT2D eigenvalue weighted by Gasteiger charge is 2.45. The molecule has 2 aromatic carbocycles. The van der Waals surface area contributed by atoms with Crippen molar-refractivity contribution in [3.63, 3.8) is 0 Å². The molecule has 28 heavy (non-hydrogen) atoms. The van der Waals surface area contributed by atoms with Gasteiger partial charge < -0.3 is 9.64 Å². The van der Waals surface area contributed by atoms with Crippen LogP contribution in [-0.4, -0.2) is 42.7 Å². The molecule has 1 atom stereocenters. The Morgan fingerprint density at radius 3 is 2.54 bits per heavy atom. The van der Waals surface area contributed by atoms with Gasteiger partial charge in [0.05, 0.1) is 17.6 Å². The molecule has 5 heteroatoms. The highest BCUT2D eigenvalue weighted by Crippen LogP contribution is 2.36. The molecule has 1 unspecified atom stereocenters. The van der Waals surface area contributed by atoms with Crippen LogP contribution in [0.1, 0.15) is 35.7 Å². The van der Waals surface area contributed by atoms with Crippen molar-refractivity contribution in [3.05, 3.63) is 65.7 Å². The van der Waals surface area contributed by atoms with Gasteiger partial charge in [-0.1, -0.05) is 42.5 Å². The van der Waals surface area contributed by atoms with Crippen LogP contribution < -0.4 is 0 Å². The first-order chi connectivity index (χ1) is 13.6. The number of amides is 1. The molecule has 0 aliphatic carbocycles. The Morgan fingerprint density at radius 2 is 1.82 bits per heavy atom. The number of thioether (sulfide) groups is 1. The van der Waals surface area contributed by atoms with Crippen LogP contribution in [0.5, 0.6) is 0 Å². The summed E-state index contributed by atoms with van der Waals surface area (Å²) in [5.41, 5.74) is 1.10. The van der Waals surface area contributed by atoms with Crippen molar-refractivity contribution >= 4 is 23.6 Å². The summed E-state index contributed by atoms with van der Waals surface area (Å²) in [6.07, 6.45) is 4.08. The molecule has 2 aromatic rings. The second-order valence-corrected chi connectivity index (χ2v) is 8.04. The number of hydrogen-bond acceptors (Lipinski definition) is 4. The predicted octanol–water partition coefficient (Wildman–Crippen LogP) is 4.44. The minimum absolute atomic E-state index is 0.00798. The second-order valence-electron chi connectivity index (χ2n) is 7.19. The van der Waals surface area contributed by atoms with Gasteiger partial charge in [-0.25, -0.2) is 0 Å². The molecule has 0 aromatic heterocycles. The van der Waals surface area contributed by atoms with Gasteiger partial charge in [0.25, 0.3) is 5.91 Å². The molecular weight excluding hydrogens is 370 g/mol. The lowest BCUT2D eigenvalue weighted by Gasteiger charge is -2.41. The molecule has 1 aliphatic heterocycles. The lowest BCUT2D eigenvalue weighted by molar-refractivity contribution is -0.158. The van der Waals surface area contributed by atoms with Crippen LogP contribution in [0.15, 0.2) is 59.5 Å². The minimum Gasteiger partial charge on any atom is -0.466 e. The molecule has 1 saturated heterocycles. The van der Waals surface area contributed by atoms with Crippen LogP contribution >= 0.6 is 11.8 Å². The van der Waals surface area contributed by atoms with E-state index < -0.39 is 5.41 Å². The monoisotopic (exact) mass is 397 g/mol. The van der Waals surface area contributed by atoms with Gasteiger partial charge >= 0.3 is 5.97 Å². The summed E-state index contributed by atoms with van der Waals surface area (Å²) in [5, 5.41) is 0. The fourth-order valence-corrected chi connectivity index (χ4v) is 4.54. The van der Waals surface area contributed by atoms with Crippen LogP contribution in [0.4, 0.5) is 0 Å². The topological polar surface area (TPSA) is 46.6 Å². The van der Waals surface area contributed by atoms with E-state index in [0.29, 0.717) is 31.7 Å². The molecule has 3 rings (SSSR count). The van der Waals surface area contributed by atoms with E-state index in [1.165, 1.54) is 0 Å². The number of carbonyl (C=O) groups is 2. The number of benzene rings is 2. The Labute approximate surface area is 171 Å². The number of likely N-dealkylation sites (tertiary alicyclic amines) is 1. The third-order valence-corrected chi connectivity index (χ3v) is 6.09. The lowest BCUT2D eigenvalue weighted by atomic mass is 9.75. The smallest absolute Gasteiger partial charge is 0.314 e. The summed E-state index contributed by atoms with van der Waals surface area (Å²) >= 11 is 1.57. The molecule has 0 spiro atoms. The highest BCUT2D eigenvalue weighted by molar-refractivity contribution is 7.98. The van der Waals surface area contributed by atoms with Crippen LogP contribution in [0.3, 0.4) is 0 Å². The Kier molecular flexibility index (Phi) is 6.79. The third kappa shape index (κ3) is 4.41. The maximum atomic E-state index is 13.3. The minimum atomic E-state index is -0.695. The van der Waals surface area contributed by atoms with Crippen molar-refractivity contribution in [1.82, 2.24) is 4.90 Å². The second kappa shape index (κ2) is 9.28. The molecule has 1 amide bonds. The van der Waals surface area contributed by atoms with E-state index in [1.807, 2.05) is 72.7 Å². The molecule has 0 saturated carbocycles. The van der Waals surface area contributed by atoms with Crippen molar-refractivity contribution in [1.29, 1.82) is 0 Å². The Bertz CT molecular complexity index is 824. The Morgan fingerprint density at radius 1 is 1.11 bits per heavy atom. The number of hydrogen-bond donors (Lipinski definition) is 0. The highest BCUT2D eigenvalue weighted by atomic mass is 32.2. The fraction of sp³-hybridized carbons (Fsp3) is 0.391. The van der Waals surface area contributed by atoms with E-state index in [1.54, 1.807) is 11.8 Å². The van der Waals surface area contributed by atoms with Crippen LogP contribution in [-0.2, 0) is 16.0 Å². The predicted molar refractivity (Wildman–Crippen MR) is 113 cm³/mol. The van der Waals surface area contributed by atoms with Crippen LogP contribution in [0, 0.1) is 5.41 Å². The van der Waals surface area contributed by atoms with Crippen molar-refractivity contribution in [2.75, 3.05) is 26.0 Å². The maximum absolute atomic E-state index is 13.3. The molecule has 148 valence electrons. The van der Waals surface area contributed by atoms with Gasteiger partial charge in [0.1, 0.15) is 0 Å². The molecular formula is C23H27NO3S. The number of rotatable bonds is 6. The zero-order chi connectivity index (χ0) is 20.0. The van der Waals surface area contributed by atoms with Gasteiger partial charge in [-0.15, -0.1) is 11.8 Å². The quantitative estimate of drug-likeness (QED) is 0.534. The van der Waals surface area contributed by atoms with E-state index in [9.17, 15) is 9.59 Å². The normalized spacial score (nSPS) is 19.3. The van der Waals surface area contributed by atoms with E-state index in [0.717, 1.165) is 23.3 Å². The number of ether oxygens (including phenoxy) is 1. The largest absolute Gasteiger partial charge is 0.466 e. The number of piperidine rings is 1. The number of nitrogens with zero attached hydrogens (tertiary/aromatic N) is 1. The van der Waals surface area contributed by atoms with Crippen molar-refractivity contribution in [2.24, 2.45) is 5.41 Å². The zero-order valence-electron chi connectivity index (χ0n) is 16.5. The molecule has 1 fully saturated rings.